The highest BCUT2D eigenvalue weighted by Crippen LogP contribution is 2.18. The Morgan fingerprint density at radius 2 is 2.41 bits per heavy atom. The van der Waals surface area contributed by atoms with Crippen molar-refractivity contribution in [3.05, 3.63) is 42.1 Å². The molecule has 17 heavy (non-hydrogen) atoms. The lowest BCUT2D eigenvalue weighted by Gasteiger charge is -2.15. The van der Waals surface area contributed by atoms with Crippen molar-refractivity contribution in [2.45, 2.75) is 25.8 Å². The smallest absolute Gasteiger partial charge is 0.105 e. The van der Waals surface area contributed by atoms with E-state index in [1.807, 2.05) is 30.1 Å². The van der Waals surface area contributed by atoms with Gasteiger partial charge < -0.3 is 9.73 Å². The molecule has 1 atom stereocenters. The van der Waals surface area contributed by atoms with Gasteiger partial charge in [-0.25, -0.2) is 0 Å². The highest BCUT2D eigenvalue weighted by atomic mass is 16.3. The first-order chi connectivity index (χ1) is 8.29. The highest BCUT2D eigenvalue weighted by molar-refractivity contribution is 5.14. The molecule has 0 saturated carbocycles. The van der Waals surface area contributed by atoms with E-state index in [-0.39, 0.29) is 6.04 Å². The summed E-state index contributed by atoms with van der Waals surface area (Å²) in [7, 11) is 1.94. The van der Waals surface area contributed by atoms with Gasteiger partial charge in [0.1, 0.15) is 5.76 Å². The number of hydrogen-bond donors (Lipinski definition) is 1. The minimum absolute atomic E-state index is 0.273. The molecule has 0 saturated heterocycles. The Bertz CT molecular complexity index is 433. The third-order valence-electron chi connectivity index (χ3n) is 2.75. The molecule has 0 amide bonds. The number of nitrogens with one attached hydrogen (secondary N) is 1. The third-order valence-corrected chi connectivity index (χ3v) is 2.75. The summed E-state index contributed by atoms with van der Waals surface area (Å²) in [6.45, 7) is 3.17. The van der Waals surface area contributed by atoms with Gasteiger partial charge >= 0.3 is 0 Å². The molecule has 0 spiro atoms. The fraction of sp³-hybridized carbons (Fsp3) is 0.462. The summed E-state index contributed by atoms with van der Waals surface area (Å²) in [5, 5.41) is 7.74. The van der Waals surface area contributed by atoms with Gasteiger partial charge in [0.05, 0.1) is 12.5 Å². The van der Waals surface area contributed by atoms with Crippen molar-refractivity contribution in [1.29, 1.82) is 0 Å². The Kier molecular flexibility index (Phi) is 3.98. The van der Waals surface area contributed by atoms with Gasteiger partial charge in [-0.2, -0.15) is 5.10 Å². The fourth-order valence-corrected chi connectivity index (χ4v) is 1.88. The van der Waals surface area contributed by atoms with Crippen molar-refractivity contribution in [2.75, 3.05) is 6.54 Å². The molecular formula is C13H19N3O. The predicted molar refractivity (Wildman–Crippen MR) is 66.7 cm³/mol. The lowest BCUT2D eigenvalue weighted by atomic mass is 10.1. The van der Waals surface area contributed by atoms with Gasteiger partial charge in [-0.3, -0.25) is 4.68 Å². The van der Waals surface area contributed by atoms with Gasteiger partial charge in [-0.05, 0) is 25.1 Å². The molecule has 0 aliphatic heterocycles. The Morgan fingerprint density at radius 3 is 3.00 bits per heavy atom. The van der Waals surface area contributed by atoms with E-state index in [0.29, 0.717) is 0 Å². The van der Waals surface area contributed by atoms with Crippen molar-refractivity contribution in [3.63, 3.8) is 0 Å². The largest absolute Gasteiger partial charge is 0.469 e. The van der Waals surface area contributed by atoms with Gasteiger partial charge in [0.2, 0.25) is 0 Å². The first kappa shape index (κ1) is 11.9. The van der Waals surface area contributed by atoms with Crippen molar-refractivity contribution >= 4 is 0 Å². The first-order valence-corrected chi connectivity index (χ1v) is 6.04. The Hall–Kier alpha value is -1.55. The third kappa shape index (κ3) is 3.20. The number of rotatable bonds is 6. The number of furan rings is 1. The molecule has 92 valence electrons. The zero-order valence-electron chi connectivity index (χ0n) is 10.4. The van der Waals surface area contributed by atoms with Crippen LogP contribution < -0.4 is 5.32 Å². The van der Waals surface area contributed by atoms with Crippen LogP contribution in [0.15, 0.2) is 35.2 Å². The van der Waals surface area contributed by atoms with Crippen molar-refractivity contribution in [2.24, 2.45) is 7.05 Å². The number of aromatic nitrogens is 2. The van der Waals surface area contributed by atoms with E-state index in [2.05, 4.69) is 23.5 Å². The van der Waals surface area contributed by atoms with Crippen LogP contribution in [0.4, 0.5) is 0 Å². The Morgan fingerprint density at radius 1 is 1.53 bits per heavy atom. The SMILES string of the molecule is CCCNC(Cc1ccco1)c1cnn(C)c1. The van der Waals surface area contributed by atoms with Crippen LogP contribution in [-0.4, -0.2) is 16.3 Å². The molecule has 0 radical (unpaired) electrons. The van der Waals surface area contributed by atoms with E-state index in [0.717, 1.165) is 25.1 Å². The summed E-state index contributed by atoms with van der Waals surface area (Å²) in [6, 6.07) is 4.21. The van der Waals surface area contributed by atoms with Gasteiger partial charge in [0.25, 0.3) is 0 Å². The Labute approximate surface area is 102 Å². The number of hydrogen-bond acceptors (Lipinski definition) is 3. The van der Waals surface area contributed by atoms with Crippen LogP contribution in [0.3, 0.4) is 0 Å². The lowest BCUT2D eigenvalue weighted by Crippen LogP contribution is -2.23. The second kappa shape index (κ2) is 5.68. The second-order valence-corrected chi connectivity index (χ2v) is 4.24. The molecule has 2 rings (SSSR count). The standard InChI is InChI=1S/C13H19N3O/c1-3-6-14-13(8-12-5-4-7-17-12)11-9-15-16(2)10-11/h4-5,7,9-10,13-14H,3,6,8H2,1-2H3. The van der Waals surface area contributed by atoms with Crippen LogP contribution >= 0.6 is 0 Å². The number of nitrogens with zero attached hydrogens (tertiary/aromatic N) is 2. The summed E-state index contributed by atoms with van der Waals surface area (Å²) in [6.07, 6.45) is 7.66. The summed E-state index contributed by atoms with van der Waals surface area (Å²) in [5.41, 5.74) is 1.21. The molecule has 2 aromatic rings. The summed E-state index contributed by atoms with van der Waals surface area (Å²) < 4.78 is 7.24. The van der Waals surface area contributed by atoms with Crippen LogP contribution in [0.5, 0.6) is 0 Å². The van der Waals surface area contributed by atoms with E-state index < -0.39 is 0 Å². The molecule has 2 heterocycles. The van der Waals surface area contributed by atoms with Gasteiger partial charge in [0.15, 0.2) is 0 Å². The lowest BCUT2D eigenvalue weighted by molar-refractivity contribution is 0.449. The summed E-state index contributed by atoms with van der Waals surface area (Å²) >= 11 is 0. The van der Waals surface area contributed by atoms with Crippen molar-refractivity contribution in [3.8, 4) is 0 Å². The zero-order valence-corrected chi connectivity index (χ0v) is 10.4. The zero-order chi connectivity index (χ0) is 12.1. The van der Waals surface area contributed by atoms with Crippen LogP contribution in [0.25, 0.3) is 0 Å². The normalized spacial score (nSPS) is 12.8. The molecule has 1 N–H and O–H groups in total. The van der Waals surface area contributed by atoms with Gasteiger partial charge in [-0.1, -0.05) is 6.92 Å². The molecule has 4 heteroatoms. The molecule has 4 nitrogen and oxygen atoms in total. The van der Waals surface area contributed by atoms with Gasteiger partial charge in [0, 0.05) is 31.3 Å². The second-order valence-electron chi connectivity index (χ2n) is 4.24. The quantitative estimate of drug-likeness (QED) is 0.832. The van der Waals surface area contributed by atoms with Crippen LogP contribution in [0.1, 0.15) is 30.7 Å². The maximum atomic E-state index is 5.41. The van der Waals surface area contributed by atoms with E-state index >= 15 is 0 Å². The fourth-order valence-electron chi connectivity index (χ4n) is 1.88. The predicted octanol–water partition coefficient (Wildman–Crippen LogP) is 2.30. The average Bonchev–Trinajstić information content (AvgIpc) is 2.95. The Balaban J connectivity index is 2.07. The van der Waals surface area contributed by atoms with E-state index in [1.54, 1.807) is 6.26 Å². The maximum Gasteiger partial charge on any atom is 0.105 e. The molecule has 0 bridgehead atoms. The molecule has 2 aromatic heterocycles. The first-order valence-electron chi connectivity index (χ1n) is 6.04. The molecule has 0 aromatic carbocycles. The molecule has 0 fully saturated rings. The average molecular weight is 233 g/mol. The maximum absolute atomic E-state index is 5.41. The van der Waals surface area contributed by atoms with Crippen LogP contribution in [-0.2, 0) is 13.5 Å². The van der Waals surface area contributed by atoms with Gasteiger partial charge in [-0.15, -0.1) is 0 Å². The van der Waals surface area contributed by atoms with E-state index in [1.165, 1.54) is 5.56 Å². The molecule has 0 aliphatic rings. The van der Waals surface area contributed by atoms with Crippen LogP contribution in [0.2, 0.25) is 0 Å². The molecule has 0 aliphatic carbocycles. The summed E-state index contributed by atoms with van der Waals surface area (Å²) in [5.74, 6) is 1.00. The van der Waals surface area contributed by atoms with Crippen LogP contribution in [0, 0.1) is 0 Å². The van der Waals surface area contributed by atoms with Crippen molar-refractivity contribution in [1.82, 2.24) is 15.1 Å². The molecule has 1 unspecified atom stereocenters. The van der Waals surface area contributed by atoms with Crippen molar-refractivity contribution < 1.29 is 4.42 Å². The van der Waals surface area contributed by atoms with E-state index in [4.69, 9.17) is 4.42 Å². The molecular weight excluding hydrogens is 214 g/mol. The number of aryl methyl sites for hydroxylation is 1. The highest BCUT2D eigenvalue weighted by Gasteiger charge is 2.14. The summed E-state index contributed by atoms with van der Waals surface area (Å²) in [4.78, 5) is 0. The minimum Gasteiger partial charge on any atom is -0.469 e. The van der Waals surface area contributed by atoms with E-state index in [9.17, 15) is 0 Å². The monoisotopic (exact) mass is 233 g/mol. The topological polar surface area (TPSA) is 43.0 Å². The minimum atomic E-state index is 0.273.